The molecule has 2 fully saturated rings. The first-order valence-electron chi connectivity index (χ1n) is 10.5. The third-order valence-electron chi connectivity index (χ3n) is 6.23. The third kappa shape index (κ3) is 3.60. The Balaban J connectivity index is 1.42. The molecular formula is C23H25N5O. The summed E-state index contributed by atoms with van der Waals surface area (Å²) in [6.07, 6.45) is 11.8. The molecule has 0 atom stereocenters. The Kier molecular flexibility index (Phi) is 4.94. The molecule has 29 heavy (non-hydrogen) atoms. The number of hydrogen-bond donors (Lipinski definition) is 0. The minimum Gasteiger partial charge on any atom is -0.337 e. The Morgan fingerprint density at radius 3 is 2.41 bits per heavy atom. The second-order valence-electron chi connectivity index (χ2n) is 7.95. The Labute approximate surface area is 170 Å². The van der Waals surface area contributed by atoms with Crippen molar-refractivity contribution >= 4 is 16.8 Å². The fraction of sp³-hybridized carbons (Fsp3) is 0.391. The van der Waals surface area contributed by atoms with Crippen molar-refractivity contribution in [1.29, 1.82) is 0 Å². The van der Waals surface area contributed by atoms with Gasteiger partial charge in [0.1, 0.15) is 5.69 Å². The third-order valence-corrected chi connectivity index (χ3v) is 6.23. The van der Waals surface area contributed by atoms with Gasteiger partial charge in [-0.1, -0.05) is 0 Å². The summed E-state index contributed by atoms with van der Waals surface area (Å²) < 4.78 is 0. The van der Waals surface area contributed by atoms with E-state index in [1.54, 1.807) is 18.6 Å². The fourth-order valence-electron chi connectivity index (χ4n) is 4.65. The van der Waals surface area contributed by atoms with Crippen molar-refractivity contribution in [3.05, 3.63) is 54.7 Å². The SMILES string of the molecule is O=C(c1cc(-c2ccncc2)c2cnccc2n1)N1CCC(N2CCCC2)CC1. The zero-order valence-electron chi connectivity index (χ0n) is 16.5. The van der Waals surface area contributed by atoms with Gasteiger partial charge >= 0.3 is 0 Å². The van der Waals surface area contributed by atoms with Crippen LogP contribution in [0.15, 0.2) is 49.1 Å². The number of carbonyl (C=O) groups excluding carboxylic acids is 1. The standard InChI is InChI=1S/C23H25N5O/c29-23(28-13-6-18(7-14-28)27-11-1-2-12-27)22-15-19(17-3-8-24-9-4-17)20-16-25-10-5-21(20)26-22/h3-5,8-10,15-16,18H,1-2,6-7,11-14H2. The summed E-state index contributed by atoms with van der Waals surface area (Å²) in [6, 6.07) is 8.32. The predicted molar refractivity (Wildman–Crippen MR) is 113 cm³/mol. The summed E-state index contributed by atoms with van der Waals surface area (Å²) >= 11 is 0. The maximum absolute atomic E-state index is 13.3. The van der Waals surface area contributed by atoms with Crippen LogP contribution >= 0.6 is 0 Å². The van der Waals surface area contributed by atoms with Crippen LogP contribution in [-0.4, -0.2) is 62.9 Å². The van der Waals surface area contributed by atoms with Crippen LogP contribution in [-0.2, 0) is 0 Å². The van der Waals surface area contributed by atoms with Crippen LogP contribution in [0.25, 0.3) is 22.0 Å². The summed E-state index contributed by atoms with van der Waals surface area (Å²) in [5, 5.41) is 0.947. The summed E-state index contributed by atoms with van der Waals surface area (Å²) in [4.78, 5) is 30.9. The average molecular weight is 387 g/mol. The molecule has 0 saturated carbocycles. The van der Waals surface area contributed by atoms with Crippen molar-refractivity contribution in [1.82, 2.24) is 24.8 Å². The maximum Gasteiger partial charge on any atom is 0.272 e. The number of likely N-dealkylation sites (tertiary alicyclic amines) is 2. The Morgan fingerprint density at radius 1 is 0.931 bits per heavy atom. The van der Waals surface area contributed by atoms with Gasteiger partial charge in [0.15, 0.2) is 0 Å². The molecule has 2 aliphatic rings. The Hall–Kier alpha value is -2.86. The van der Waals surface area contributed by atoms with Gasteiger partial charge in [0, 0.05) is 49.3 Å². The molecule has 0 radical (unpaired) electrons. The molecule has 0 bridgehead atoms. The largest absolute Gasteiger partial charge is 0.337 e. The molecular weight excluding hydrogens is 362 g/mol. The molecule has 2 aliphatic heterocycles. The van der Waals surface area contributed by atoms with Crippen molar-refractivity contribution in [2.75, 3.05) is 26.2 Å². The molecule has 0 spiro atoms. The highest BCUT2D eigenvalue weighted by Gasteiger charge is 2.29. The van der Waals surface area contributed by atoms with Gasteiger partial charge in [0.2, 0.25) is 0 Å². The second kappa shape index (κ2) is 7.87. The first-order chi connectivity index (χ1) is 14.3. The van der Waals surface area contributed by atoms with Crippen molar-refractivity contribution < 1.29 is 4.79 Å². The summed E-state index contributed by atoms with van der Waals surface area (Å²) in [5.74, 6) is 0.0268. The van der Waals surface area contributed by atoms with Crippen LogP contribution in [0, 0.1) is 0 Å². The molecule has 3 aromatic heterocycles. The molecule has 0 aliphatic carbocycles. The zero-order valence-corrected chi connectivity index (χ0v) is 16.5. The van der Waals surface area contributed by atoms with Gasteiger partial charge in [-0.05, 0) is 74.2 Å². The zero-order chi connectivity index (χ0) is 19.6. The Bertz CT molecular complexity index is 1010. The normalized spacial score (nSPS) is 18.4. The number of hydrogen-bond acceptors (Lipinski definition) is 5. The number of fused-ring (bicyclic) bond motifs is 1. The van der Waals surface area contributed by atoms with E-state index in [-0.39, 0.29) is 5.91 Å². The quantitative estimate of drug-likeness (QED) is 0.689. The lowest BCUT2D eigenvalue weighted by atomic mass is 10.0. The number of carbonyl (C=O) groups is 1. The summed E-state index contributed by atoms with van der Waals surface area (Å²) in [6.45, 7) is 4.05. The van der Waals surface area contributed by atoms with Crippen LogP contribution < -0.4 is 0 Å². The first-order valence-corrected chi connectivity index (χ1v) is 10.5. The molecule has 1 amide bonds. The van der Waals surface area contributed by atoms with Crippen LogP contribution in [0.4, 0.5) is 0 Å². The van der Waals surface area contributed by atoms with Gasteiger partial charge in [-0.25, -0.2) is 4.98 Å². The monoisotopic (exact) mass is 387 g/mol. The van der Waals surface area contributed by atoms with E-state index in [9.17, 15) is 4.79 Å². The molecule has 148 valence electrons. The van der Waals surface area contributed by atoms with E-state index in [2.05, 4.69) is 19.9 Å². The van der Waals surface area contributed by atoms with Gasteiger partial charge < -0.3 is 9.80 Å². The lowest BCUT2D eigenvalue weighted by molar-refractivity contribution is 0.0639. The van der Waals surface area contributed by atoms with Crippen LogP contribution in [0.1, 0.15) is 36.2 Å². The molecule has 5 rings (SSSR count). The van der Waals surface area contributed by atoms with E-state index in [0.29, 0.717) is 11.7 Å². The van der Waals surface area contributed by atoms with Gasteiger partial charge in [0.05, 0.1) is 5.52 Å². The number of amides is 1. The minimum absolute atomic E-state index is 0.0268. The smallest absolute Gasteiger partial charge is 0.272 e. The van der Waals surface area contributed by atoms with E-state index in [1.165, 1.54) is 25.9 Å². The summed E-state index contributed by atoms with van der Waals surface area (Å²) in [5.41, 5.74) is 3.29. The number of nitrogens with zero attached hydrogens (tertiary/aromatic N) is 5. The fourth-order valence-corrected chi connectivity index (χ4v) is 4.65. The number of pyridine rings is 3. The van der Waals surface area contributed by atoms with Gasteiger partial charge in [-0.2, -0.15) is 0 Å². The highest BCUT2D eigenvalue weighted by Crippen LogP contribution is 2.29. The highest BCUT2D eigenvalue weighted by molar-refractivity contribution is 6.01. The maximum atomic E-state index is 13.3. The van der Waals surface area contributed by atoms with E-state index in [4.69, 9.17) is 0 Å². The molecule has 5 heterocycles. The highest BCUT2D eigenvalue weighted by atomic mass is 16.2. The van der Waals surface area contributed by atoms with Crippen molar-refractivity contribution in [3.63, 3.8) is 0 Å². The molecule has 0 unspecified atom stereocenters. The molecule has 0 N–H and O–H groups in total. The number of rotatable bonds is 3. The van der Waals surface area contributed by atoms with E-state index < -0.39 is 0 Å². The molecule has 0 aromatic carbocycles. The van der Waals surface area contributed by atoms with E-state index in [0.717, 1.165) is 48.0 Å². The predicted octanol–water partition coefficient (Wildman–Crippen LogP) is 3.39. The van der Waals surface area contributed by atoms with Crippen molar-refractivity contribution in [2.45, 2.75) is 31.7 Å². The molecule has 3 aromatic rings. The minimum atomic E-state index is 0.0268. The van der Waals surface area contributed by atoms with Gasteiger partial charge in [0.25, 0.3) is 5.91 Å². The Morgan fingerprint density at radius 2 is 1.66 bits per heavy atom. The molecule has 6 nitrogen and oxygen atoms in total. The number of piperidine rings is 1. The lowest BCUT2D eigenvalue weighted by Gasteiger charge is -2.36. The van der Waals surface area contributed by atoms with Crippen LogP contribution in [0.2, 0.25) is 0 Å². The van der Waals surface area contributed by atoms with Crippen molar-refractivity contribution in [3.8, 4) is 11.1 Å². The average Bonchev–Trinajstić information content (AvgIpc) is 3.33. The second-order valence-corrected chi connectivity index (χ2v) is 7.95. The first kappa shape index (κ1) is 18.2. The van der Waals surface area contributed by atoms with E-state index >= 15 is 0 Å². The van der Waals surface area contributed by atoms with Crippen LogP contribution in [0.5, 0.6) is 0 Å². The topological polar surface area (TPSA) is 62.2 Å². The van der Waals surface area contributed by atoms with Crippen molar-refractivity contribution in [2.24, 2.45) is 0 Å². The van der Waals surface area contributed by atoms with E-state index in [1.807, 2.05) is 35.4 Å². The summed E-state index contributed by atoms with van der Waals surface area (Å²) in [7, 11) is 0. The molecule has 6 heteroatoms. The van der Waals surface area contributed by atoms with Gasteiger partial charge in [-0.15, -0.1) is 0 Å². The number of aromatic nitrogens is 3. The van der Waals surface area contributed by atoms with Crippen LogP contribution in [0.3, 0.4) is 0 Å². The lowest BCUT2D eigenvalue weighted by Crippen LogP contribution is -2.46. The molecule has 2 saturated heterocycles. The van der Waals surface area contributed by atoms with Gasteiger partial charge in [-0.3, -0.25) is 14.8 Å².